The number of aliphatic hydroxyl groups excluding tert-OH is 1. The van der Waals surface area contributed by atoms with E-state index in [0.717, 1.165) is 12.8 Å². The fraction of sp³-hybridized carbons (Fsp3) is 0.583. The quantitative estimate of drug-likeness (QED) is 0.594. The van der Waals surface area contributed by atoms with Gasteiger partial charge in [0.05, 0.1) is 4.92 Å². The Morgan fingerprint density at radius 3 is 2.74 bits per heavy atom. The summed E-state index contributed by atoms with van der Waals surface area (Å²) < 4.78 is 0. The van der Waals surface area contributed by atoms with E-state index in [1.807, 2.05) is 0 Å². The smallest absolute Gasteiger partial charge is 0.311 e. The molecule has 0 spiro atoms. The van der Waals surface area contributed by atoms with E-state index in [-0.39, 0.29) is 18.1 Å². The molecule has 0 unspecified atom stereocenters. The second kappa shape index (κ2) is 5.83. The maximum atomic E-state index is 10.7. The third-order valence-electron chi connectivity index (χ3n) is 3.45. The normalized spacial score (nSPS) is 15.0. The van der Waals surface area contributed by atoms with Crippen LogP contribution in [0.15, 0.2) is 12.1 Å². The maximum Gasteiger partial charge on any atom is 0.311 e. The first-order valence-electron chi connectivity index (χ1n) is 6.42. The van der Waals surface area contributed by atoms with Crippen LogP contribution in [0.1, 0.15) is 25.7 Å². The first-order valence-corrected chi connectivity index (χ1v) is 6.42. The van der Waals surface area contributed by atoms with Gasteiger partial charge < -0.3 is 15.7 Å². The first kappa shape index (κ1) is 13.5. The highest BCUT2D eigenvalue weighted by Crippen LogP contribution is 2.30. The first-order chi connectivity index (χ1) is 9.13. The van der Waals surface area contributed by atoms with Crippen molar-refractivity contribution in [3.8, 4) is 0 Å². The Hall–Kier alpha value is -1.89. The van der Waals surface area contributed by atoms with Gasteiger partial charge in [-0.25, -0.2) is 4.98 Å². The van der Waals surface area contributed by atoms with Crippen LogP contribution in [0.5, 0.6) is 0 Å². The van der Waals surface area contributed by atoms with Gasteiger partial charge >= 0.3 is 5.69 Å². The third-order valence-corrected chi connectivity index (χ3v) is 3.45. The van der Waals surface area contributed by atoms with Gasteiger partial charge in [-0.2, -0.15) is 0 Å². The molecule has 0 bridgehead atoms. The summed E-state index contributed by atoms with van der Waals surface area (Å²) in [5.74, 6) is 0.595. The van der Waals surface area contributed by atoms with Crippen molar-refractivity contribution in [2.45, 2.75) is 31.7 Å². The van der Waals surface area contributed by atoms with Crippen molar-refractivity contribution in [2.24, 2.45) is 0 Å². The highest BCUT2D eigenvalue weighted by molar-refractivity contribution is 5.58. The Labute approximate surface area is 111 Å². The zero-order valence-corrected chi connectivity index (χ0v) is 10.7. The van der Waals surface area contributed by atoms with Crippen LogP contribution in [0.25, 0.3) is 0 Å². The molecule has 0 atom stereocenters. The van der Waals surface area contributed by atoms with Crippen molar-refractivity contribution in [3.05, 3.63) is 22.2 Å². The Bertz CT molecular complexity index is 462. The number of hydrogen-bond donors (Lipinski definition) is 2. The zero-order valence-electron chi connectivity index (χ0n) is 10.7. The highest BCUT2D eigenvalue weighted by atomic mass is 16.6. The molecule has 19 heavy (non-hydrogen) atoms. The van der Waals surface area contributed by atoms with Gasteiger partial charge in [-0.1, -0.05) is 0 Å². The lowest BCUT2D eigenvalue weighted by Crippen LogP contribution is -2.41. The van der Waals surface area contributed by atoms with Crippen LogP contribution in [0.4, 0.5) is 17.3 Å². The van der Waals surface area contributed by atoms with E-state index in [1.165, 1.54) is 12.5 Å². The SMILES string of the molecule is Nc1nc(N(CCCO)C2CCC2)ccc1[N+](=O)[O-]. The number of aromatic nitrogens is 1. The number of nitrogens with zero attached hydrogens (tertiary/aromatic N) is 3. The van der Waals surface area contributed by atoms with Crippen molar-refractivity contribution >= 4 is 17.3 Å². The fourth-order valence-corrected chi connectivity index (χ4v) is 2.19. The minimum absolute atomic E-state index is 0.0594. The van der Waals surface area contributed by atoms with Gasteiger partial charge in [-0.05, 0) is 31.7 Å². The number of aliphatic hydroxyl groups is 1. The predicted molar refractivity (Wildman–Crippen MR) is 72.0 cm³/mol. The number of pyridine rings is 1. The number of rotatable bonds is 6. The Kier molecular flexibility index (Phi) is 4.16. The average Bonchev–Trinajstić information content (AvgIpc) is 2.31. The van der Waals surface area contributed by atoms with Gasteiger partial charge in [-0.3, -0.25) is 10.1 Å². The summed E-state index contributed by atoms with van der Waals surface area (Å²) in [6.45, 7) is 0.803. The molecule has 1 heterocycles. The van der Waals surface area contributed by atoms with Crippen molar-refractivity contribution in [1.29, 1.82) is 0 Å². The van der Waals surface area contributed by atoms with Crippen LogP contribution in [-0.2, 0) is 0 Å². The summed E-state index contributed by atoms with van der Waals surface area (Å²) in [5.41, 5.74) is 5.45. The van der Waals surface area contributed by atoms with Gasteiger partial charge in [0.2, 0.25) is 5.82 Å². The molecule has 1 aromatic heterocycles. The van der Waals surface area contributed by atoms with E-state index >= 15 is 0 Å². The Morgan fingerprint density at radius 2 is 2.26 bits per heavy atom. The van der Waals surface area contributed by atoms with E-state index in [9.17, 15) is 10.1 Å². The largest absolute Gasteiger partial charge is 0.396 e. The molecular formula is C12H18N4O3. The van der Waals surface area contributed by atoms with Gasteiger partial charge in [0.25, 0.3) is 0 Å². The van der Waals surface area contributed by atoms with E-state index < -0.39 is 4.92 Å². The summed E-state index contributed by atoms with van der Waals surface area (Å²) >= 11 is 0. The molecule has 2 rings (SSSR count). The molecule has 0 amide bonds. The molecule has 3 N–H and O–H groups in total. The predicted octanol–water partition coefficient (Wildman–Crippen LogP) is 1.31. The van der Waals surface area contributed by atoms with Gasteiger partial charge in [0, 0.05) is 25.3 Å². The molecule has 1 aromatic rings. The molecule has 0 aromatic carbocycles. The second-order valence-electron chi connectivity index (χ2n) is 4.69. The number of anilines is 2. The van der Waals surface area contributed by atoms with Crippen LogP contribution in [0.3, 0.4) is 0 Å². The molecule has 1 fully saturated rings. The fourth-order valence-electron chi connectivity index (χ4n) is 2.19. The highest BCUT2D eigenvalue weighted by Gasteiger charge is 2.26. The standard InChI is InChI=1S/C12H18N4O3/c13-12-10(16(18)19)5-6-11(14-12)15(7-2-8-17)9-3-1-4-9/h5-6,9,17H,1-4,7-8H2,(H2,13,14). The molecule has 0 radical (unpaired) electrons. The summed E-state index contributed by atoms with van der Waals surface area (Å²) in [5, 5.41) is 19.7. The summed E-state index contributed by atoms with van der Waals surface area (Å²) in [6.07, 6.45) is 4.01. The van der Waals surface area contributed by atoms with Crippen molar-refractivity contribution in [2.75, 3.05) is 23.8 Å². The zero-order chi connectivity index (χ0) is 13.8. The maximum absolute atomic E-state index is 10.7. The Balaban J connectivity index is 2.20. The lowest BCUT2D eigenvalue weighted by Gasteiger charge is -2.38. The Morgan fingerprint density at radius 1 is 1.53 bits per heavy atom. The van der Waals surface area contributed by atoms with E-state index in [2.05, 4.69) is 9.88 Å². The van der Waals surface area contributed by atoms with Gasteiger partial charge in [-0.15, -0.1) is 0 Å². The molecule has 7 heteroatoms. The lowest BCUT2D eigenvalue weighted by atomic mass is 9.91. The number of hydrogen-bond acceptors (Lipinski definition) is 6. The molecule has 104 valence electrons. The minimum Gasteiger partial charge on any atom is -0.396 e. The third kappa shape index (κ3) is 2.93. The molecule has 1 saturated carbocycles. The average molecular weight is 266 g/mol. The lowest BCUT2D eigenvalue weighted by molar-refractivity contribution is -0.384. The van der Waals surface area contributed by atoms with Gasteiger partial charge in [0.1, 0.15) is 5.82 Å². The van der Waals surface area contributed by atoms with Crippen molar-refractivity contribution in [3.63, 3.8) is 0 Å². The van der Waals surface area contributed by atoms with E-state index in [4.69, 9.17) is 10.8 Å². The van der Waals surface area contributed by atoms with Crippen LogP contribution < -0.4 is 10.6 Å². The molecular weight excluding hydrogens is 248 g/mol. The molecule has 1 aliphatic carbocycles. The van der Waals surface area contributed by atoms with Gasteiger partial charge in [0.15, 0.2) is 0 Å². The van der Waals surface area contributed by atoms with Crippen molar-refractivity contribution < 1.29 is 10.0 Å². The van der Waals surface area contributed by atoms with Crippen LogP contribution >= 0.6 is 0 Å². The summed E-state index contributed by atoms with van der Waals surface area (Å²) in [6, 6.07) is 3.42. The number of nitrogen functional groups attached to an aromatic ring is 1. The number of nitro groups is 1. The topological polar surface area (TPSA) is 106 Å². The molecule has 0 saturated heterocycles. The van der Waals surface area contributed by atoms with Crippen LogP contribution in [-0.4, -0.2) is 34.2 Å². The molecule has 0 aliphatic heterocycles. The monoisotopic (exact) mass is 266 g/mol. The van der Waals surface area contributed by atoms with E-state index in [1.54, 1.807) is 6.07 Å². The van der Waals surface area contributed by atoms with Crippen LogP contribution in [0, 0.1) is 10.1 Å². The van der Waals surface area contributed by atoms with Crippen LogP contribution in [0.2, 0.25) is 0 Å². The number of nitrogens with two attached hydrogens (primary N) is 1. The molecule has 7 nitrogen and oxygen atoms in total. The second-order valence-corrected chi connectivity index (χ2v) is 4.69. The summed E-state index contributed by atoms with van der Waals surface area (Å²) in [7, 11) is 0. The molecule has 1 aliphatic rings. The van der Waals surface area contributed by atoms with E-state index in [0.29, 0.717) is 24.8 Å². The minimum atomic E-state index is -0.534. The summed E-state index contributed by atoms with van der Waals surface area (Å²) in [4.78, 5) is 16.4. The van der Waals surface area contributed by atoms with Crippen molar-refractivity contribution in [1.82, 2.24) is 4.98 Å².